The Labute approximate surface area is 223 Å². The van der Waals surface area contributed by atoms with Gasteiger partial charge in [0.25, 0.3) is 0 Å². The first-order valence-corrected chi connectivity index (χ1v) is 15.0. The van der Waals surface area contributed by atoms with E-state index in [-0.39, 0.29) is 11.7 Å². The van der Waals surface area contributed by atoms with Crippen molar-refractivity contribution in [3.05, 3.63) is 83.8 Å². The van der Waals surface area contributed by atoms with E-state index in [4.69, 9.17) is 4.42 Å². The Morgan fingerprint density at radius 3 is 2.54 bits per heavy atom. The molecule has 4 aliphatic rings. The van der Waals surface area contributed by atoms with Gasteiger partial charge in [0.05, 0.1) is 25.8 Å². The van der Waals surface area contributed by atoms with E-state index in [0.29, 0.717) is 11.8 Å². The van der Waals surface area contributed by atoms with Gasteiger partial charge in [0.15, 0.2) is 11.7 Å². The van der Waals surface area contributed by atoms with Crippen LogP contribution in [0.4, 0.5) is 4.39 Å². The largest absolute Gasteiger partial charge is 0.839 e. The summed E-state index contributed by atoms with van der Waals surface area (Å²) in [6, 6.07) is 16.7. The highest BCUT2D eigenvalue weighted by molar-refractivity contribution is 7.99. The fraction of sp³-hybridized carbons (Fsp3) is 0.516. The Balaban J connectivity index is 1.19. The molecule has 0 radical (unpaired) electrons. The van der Waals surface area contributed by atoms with E-state index < -0.39 is 5.60 Å². The number of piperidine rings is 3. The molecule has 4 nitrogen and oxygen atoms in total. The van der Waals surface area contributed by atoms with Gasteiger partial charge in [-0.3, -0.25) is 0 Å². The second-order valence-corrected chi connectivity index (χ2v) is 12.7. The van der Waals surface area contributed by atoms with E-state index in [9.17, 15) is 9.50 Å². The van der Waals surface area contributed by atoms with E-state index in [1.807, 2.05) is 42.6 Å². The molecule has 7 rings (SSSR count). The summed E-state index contributed by atoms with van der Waals surface area (Å²) in [7, 11) is 0. The van der Waals surface area contributed by atoms with Crippen molar-refractivity contribution in [3.8, 4) is 0 Å². The topological polar surface area (TPSA) is 49.1 Å². The predicted molar refractivity (Wildman–Crippen MR) is 142 cm³/mol. The van der Waals surface area contributed by atoms with E-state index >= 15 is 0 Å². The molecular weight excluding hydrogens is 483 g/mol. The number of hydrogen-bond acceptors (Lipinski definition) is 4. The number of oxazole rings is 1. The standard InChI is InChI=1S/C31H37FN2O2S/c32-27-12-7-13-29(18-27)37-22-24-20-34(16-14-23(24)15-17-34)21-28-19-33-30(36-28)31(35,25-8-3-1-4-9-25)26-10-5-2-6-11-26/h1,3-4,7-9,12-13,18-19,23-24,26H,2,5-6,10-11,14-17,20-22H2/t23?,24-,31+,34?/m1/s1. The van der Waals surface area contributed by atoms with Crippen molar-refractivity contribution in [2.75, 3.05) is 25.4 Å². The monoisotopic (exact) mass is 520 g/mol. The van der Waals surface area contributed by atoms with Gasteiger partial charge in [-0.05, 0) is 41.2 Å². The van der Waals surface area contributed by atoms with Gasteiger partial charge in [-0.15, -0.1) is 11.8 Å². The highest BCUT2D eigenvalue weighted by Gasteiger charge is 2.46. The summed E-state index contributed by atoms with van der Waals surface area (Å²) in [5.41, 5.74) is -0.658. The Kier molecular flexibility index (Phi) is 7.17. The van der Waals surface area contributed by atoms with Gasteiger partial charge in [-0.1, -0.05) is 68.5 Å². The number of aromatic nitrogens is 1. The number of thioether (sulfide) groups is 1. The molecule has 2 atom stereocenters. The molecule has 3 aliphatic heterocycles. The van der Waals surface area contributed by atoms with Gasteiger partial charge in [0, 0.05) is 29.4 Å². The molecule has 196 valence electrons. The number of rotatable bonds is 8. The van der Waals surface area contributed by atoms with Crippen molar-refractivity contribution in [1.29, 1.82) is 0 Å². The average Bonchev–Trinajstić information content (AvgIpc) is 3.41. The average molecular weight is 521 g/mol. The zero-order valence-electron chi connectivity index (χ0n) is 21.5. The minimum absolute atomic E-state index is 0.0113. The molecule has 4 heterocycles. The van der Waals surface area contributed by atoms with Gasteiger partial charge >= 0.3 is 0 Å². The second-order valence-electron chi connectivity index (χ2n) is 11.6. The minimum Gasteiger partial charge on any atom is -0.839 e. The normalized spacial score (nSPS) is 27.7. The van der Waals surface area contributed by atoms with E-state index in [2.05, 4.69) is 4.98 Å². The number of nitrogens with zero attached hydrogens (tertiary/aromatic N) is 2. The molecule has 4 fully saturated rings. The molecule has 1 saturated carbocycles. The molecule has 3 saturated heterocycles. The number of hydrogen-bond donors (Lipinski definition) is 0. The van der Waals surface area contributed by atoms with Gasteiger partial charge in [0.2, 0.25) is 0 Å². The molecule has 2 bridgehead atoms. The van der Waals surface area contributed by atoms with Crippen LogP contribution >= 0.6 is 11.8 Å². The lowest BCUT2D eigenvalue weighted by molar-refractivity contribution is -0.959. The van der Waals surface area contributed by atoms with Gasteiger partial charge in [-0.25, -0.2) is 9.37 Å². The van der Waals surface area contributed by atoms with Gasteiger partial charge in [-0.2, -0.15) is 0 Å². The highest BCUT2D eigenvalue weighted by atomic mass is 32.2. The summed E-state index contributed by atoms with van der Waals surface area (Å²) in [4.78, 5) is 5.67. The van der Waals surface area contributed by atoms with Crippen LogP contribution in [0.15, 0.2) is 70.1 Å². The van der Waals surface area contributed by atoms with Gasteiger partial charge in [0.1, 0.15) is 12.4 Å². The van der Waals surface area contributed by atoms with E-state index in [1.165, 1.54) is 25.3 Å². The van der Waals surface area contributed by atoms with Crippen LogP contribution in [0.25, 0.3) is 0 Å². The van der Waals surface area contributed by atoms with Crippen LogP contribution in [0.3, 0.4) is 0 Å². The van der Waals surface area contributed by atoms with Gasteiger partial charge < -0.3 is 14.0 Å². The first kappa shape index (κ1) is 25.1. The maximum atomic E-state index is 14.6. The number of halogens is 1. The summed E-state index contributed by atoms with van der Waals surface area (Å²) >= 11 is 1.78. The third kappa shape index (κ3) is 5.13. The second kappa shape index (κ2) is 10.5. The minimum atomic E-state index is -1.43. The molecular formula is C31H37FN2O2S. The van der Waals surface area contributed by atoms with Crippen LogP contribution in [0.1, 0.15) is 62.2 Å². The van der Waals surface area contributed by atoms with E-state index in [1.54, 1.807) is 23.9 Å². The molecule has 0 N–H and O–H groups in total. The van der Waals surface area contributed by atoms with E-state index in [0.717, 1.165) is 84.2 Å². The van der Waals surface area contributed by atoms with Crippen molar-refractivity contribution in [2.24, 2.45) is 17.8 Å². The molecule has 37 heavy (non-hydrogen) atoms. The summed E-state index contributed by atoms with van der Waals surface area (Å²) < 4.78 is 21.1. The molecule has 1 aromatic heterocycles. The lowest BCUT2D eigenvalue weighted by atomic mass is 9.73. The van der Waals surface area contributed by atoms with Crippen molar-refractivity contribution >= 4 is 11.8 Å². The van der Waals surface area contributed by atoms with Crippen LogP contribution in [0, 0.1) is 23.6 Å². The van der Waals surface area contributed by atoms with Crippen LogP contribution in [-0.2, 0) is 12.1 Å². The summed E-state index contributed by atoms with van der Waals surface area (Å²) in [6.45, 7) is 4.24. The van der Waals surface area contributed by atoms with Crippen LogP contribution < -0.4 is 5.11 Å². The molecule has 0 amide bonds. The lowest BCUT2D eigenvalue weighted by Crippen LogP contribution is -2.61. The third-order valence-electron chi connectivity index (χ3n) is 9.24. The molecule has 3 aromatic rings. The highest BCUT2D eigenvalue weighted by Crippen LogP contribution is 2.44. The maximum absolute atomic E-state index is 14.6. The Bertz CT molecular complexity index is 1190. The maximum Gasteiger partial charge on any atom is 0.188 e. The third-order valence-corrected chi connectivity index (χ3v) is 10.4. The van der Waals surface area contributed by atoms with Crippen LogP contribution in [-0.4, -0.2) is 34.9 Å². The fourth-order valence-electron chi connectivity index (χ4n) is 7.22. The number of quaternary nitrogens is 1. The lowest BCUT2D eigenvalue weighted by Gasteiger charge is -2.52. The first-order chi connectivity index (χ1) is 18.0. The molecule has 6 heteroatoms. The molecule has 1 aliphatic carbocycles. The Hall–Kier alpha value is -2.15. The molecule has 0 spiro atoms. The van der Waals surface area contributed by atoms with Crippen molar-refractivity contribution < 1.29 is 18.4 Å². The smallest absolute Gasteiger partial charge is 0.188 e. The quantitative estimate of drug-likeness (QED) is 0.264. The van der Waals surface area contributed by atoms with Crippen molar-refractivity contribution in [1.82, 2.24) is 4.98 Å². The fourth-order valence-corrected chi connectivity index (χ4v) is 8.37. The summed E-state index contributed by atoms with van der Waals surface area (Å²) in [5, 5.41) is 14.6. The zero-order valence-corrected chi connectivity index (χ0v) is 22.3. The van der Waals surface area contributed by atoms with Crippen molar-refractivity contribution in [3.63, 3.8) is 0 Å². The zero-order chi connectivity index (χ0) is 25.3. The van der Waals surface area contributed by atoms with Crippen LogP contribution in [0.5, 0.6) is 0 Å². The molecule has 2 aromatic carbocycles. The Morgan fingerprint density at radius 1 is 1.00 bits per heavy atom. The first-order valence-electron chi connectivity index (χ1n) is 14.0. The SMILES string of the molecule is [O-][C@](c1ccccc1)(c1ncc(C[N+]23CCC(CC2)[C@@H](CSc2cccc(F)c2)C3)o1)C1CCCCC1. The van der Waals surface area contributed by atoms with Crippen molar-refractivity contribution in [2.45, 2.75) is 62.0 Å². The Morgan fingerprint density at radius 2 is 1.78 bits per heavy atom. The molecule has 0 unspecified atom stereocenters. The predicted octanol–water partition coefficient (Wildman–Crippen LogP) is 6.15. The number of benzene rings is 2. The summed E-state index contributed by atoms with van der Waals surface area (Å²) in [6.07, 6.45) is 9.57. The number of fused-ring (bicyclic) bond motifs is 3. The summed E-state index contributed by atoms with van der Waals surface area (Å²) in [5.74, 6) is 3.43. The van der Waals surface area contributed by atoms with Crippen LogP contribution in [0.2, 0.25) is 0 Å².